The highest BCUT2D eigenvalue weighted by Gasteiger charge is 2.18. The molecule has 0 radical (unpaired) electrons. The SMILES string of the molecule is CCn1nc(C)cc1CS(=O)c1cc(Br)ccc1C(=O)O. The first-order chi connectivity index (χ1) is 9.92. The number of aromatic nitrogens is 2. The van der Waals surface area contributed by atoms with Gasteiger partial charge in [-0.1, -0.05) is 15.9 Å². The summed E-state index contributed by atoms with van der Waals surface area (Å²) in [6.45, 7) is 4.52. The van der Waals surface area contributed by atoms with Crippen LogP contribution in [0.2, 0.25) is 0 Å². The topological polar surface area (TPSA) is 72.2 Å². The second-order valence-electron chi connectivity index (χ2n) is 4.53. The van der Waals surface area contributed by atoms with Crippen molar-refractivity contribution in [1.82, 2.24) is 9.78 Å². The third-order valence-corrected chi connectivity index (χ3v) is 4.86. The molecule has 1 unspecified atom stereocenters. The summed E-state index contributed by atoms with van der Waals surface area (Å²) in [5.41, 5.74) is 1.76. The van der Waals surface area contributed by atoms with E-state index in [1.807, 2.05) is 19.9 Å². The van der Waals surface area contributed by atoms with Gasteiger partial charge in [-0.2, -0.15) is 5.10 Å². The number of carbonyl (C=O) groups is 1. The van der Waals surface area contributed by atoms with E-state index in [1.165, 1.54) is 6.07 Å². The predicted octanol–water partition coefficient (Wildman–Crippen LogP) is 2.98. The number of aromatic carboxylic acids is 1. The van der Waals surface area contributed by atoms with Crippen molar-refractivity contribution in [2.75, 3.05) is 0 Å². The Labute approximate surface area is 133 Å². The zero-order valence-electron chi connectivity index (χ0n) is 11.7. The summed E-state index contributed by atoms with van der Waals surface area (Å²) in [6, 6.07) is 6.56. The minimum Gasteiger partial charge on any atom is -0.478 e. The van der Waals surface area contributed by atoms with Gasteiger partial charge >= 0.3 is 5.97 Å². The van der Waals surface area contributed by atoms with E-state index in [4.69, 9.17) is 0 Å². The van der Waals surface area contributed by atoms with E-state index in [-0.39, 0.29) is 11.3 Å². The molecule has 0 spiro atoms. The number of hydrogen-bond acceptors (Lipinski definition) is 3. The van der Waals surface area contributed by atoms with Crippen LogP contribution in [0.4, 0.5) is 0 Å². The Morgan fingerprint density at radius 1 is 1.43 bits per heavy atom. The molecule has 112 valence electrons. The van der Waals surface area contributed by atoms with Crippen LogP contribution in [-0.4, -0.2) is 25.1 Å². The average Bonchev–Trinajstić information content (AvgIpc) is 2.78. The standard InChI is InChI=1S/C14H15BrN2O3S/c1-3-17-11(6-9(2)16-17)8-21(20)13-7-10(15)4-5-12(13)14(18)19/h4-7H,3,8H2,1-2H3,(H,18,19). The second-order valence-corrected chi connectivity index (χ2v) is 6.86. The van der Waals surface area contributed by atoms with E-state index in [0.717, 1.165) is 11.4 Å². The Kier molecular flexibility index (Phi) is 4.95. The van der Waals surface area contributed by atoms with Gasteiger partial charge in [0.15, 0.2) is 0 Å². The number of benzene rings is 1. The molecule has 1 aromatic carbocycles. The van der Waals surface area contributed by atoms with Crippen molar-refractivity contribution >= 4 is 32.7 Å². The average molecular weight is 371 g/mol. The first-order valence-corrected chi connectivity index (χ1v) is 8.48. The largest absolute Gasteiger partial charge is 0.478 e. The molecule has 0 aliphatic heterocycles. The molecule has 0 saturated heterocycles. The van der Waals surface area contributed by atoms with Crippen LogP contribution in [0.25, 0.3) is 0 Å². The first-order valence-electron chi connectivity index (χ1n) is 6.37. The molecule has 1 aromatic heterocycles. The number of halogens is 1. The Bertz CT molecular complexity index is 712. The van der Waals surface area contributed by atoms with Crippen LogP contribution in [0.5, 0.6) is 0 Å². The van der Waals surface area contributed by atoms with E-state index < -0.39 is 16.8 Å². The maximum Gasteiger partial charge on any atom is 0.336 e. The smallest absolute Gasteiger partial charge is 0.336 e. The Hall–Kier alpha value is -1.47. The molecular weight excluding hydrogens is 356 g/mol. The number of carboxylic acids is 1. The summed E-state index contributed by atoms with van der Waals surface area (Å²) in [5.74, 6) is -0.836. The first kappa shape index (κ1) is 15.9. The van der Waals surface area contributed by atoms with Crippen molar-refractivity contribution in [1.29, 1.82) is 0 Å². The summed E-state index contributed by atoms with van der Waals surface area (Å²) in [5, 5.41) is 13.5. The highest BCUT2D eigenvalue weighted by atomic mass is 79.9. The Morgan fingerprint density at radius 2 is 2.14 bits per heavy atom. The lowest BCUT2D eigenvalue weighted by molar-refractivity contribution is 0.0693. The van der Waals surface area contributed by atoms with Gasteiger partial charge in [0.05, 0.1) is 38.4 Å². The summed E-state index contributed by atoms with van der Waals surface area (Å²) >= 11 is 3.29. The van der Waals surface area contributed by atoms with Crippen LogP contribution < -0.4 is 0 Å². The van der Waals surface area contributed by atoms with Crippen LogP contribution in [-0.2, 0) is 23.1 Å². The molecule has 7 heteroatoms. The highest BCUT2D eigenvalue weighted by Crippen LogP contribution is 2.22. The fourth-order valence-corrected chi connectivity index (χ4v) is 3.89. The summed E-state index contributed by atoms with van der Waals surface area (Å²) in [4.78, 5) is 11.6. The minimum absolute atomic E-state index is 0.0656. The molecule has 0 saturated carbocycles. The maximum absolute atomic E-state index is 12.6. The van der Waals surface area contributed by atoms with Crippen LogP contribution in [0.3, 0.4) is 0 Å². The molecular formula is C14H15BrN2O3S. The molecule has 1 heterocycles. The van der Waals surface area contributed by atoms with Gasteiger partial charge in [0.2, 0.25) is 0 Å². The number of rotatable bonds is 5. The molecule has 0 bridgehead atoms. The minimum atomic E-state index is -1.45. The van der Waals surface area contributed by atoms with Gasteiger partial charge < -0.3 is 5.11 Å². The third-order valence-electron chi connectivity index (χ3n) is 2.98. The molecule has 0 aliphatic carbocycles. The number of aryl methyl sites for hydroxylation is 2. The third kappa shape index (κ3) is 3.59. The normalized spacial score (nSPS) is 12.3. The van der Waals surface area contributed by atoms with Crippen LogP contribution in [0, 0.1) is 6.92 Å². The lowest BCUT2D eigenvalue weighted by Gasteiger charge is -2.08. The molecule has 1 N–H and O–H groups in total. The molecule has 0 fully saturated rings. The van der Waals surface area contributed by atoms with Crippen molar-refractivity contribution in [3.05, 3.63) is 45.7 Å². The van der Waals surface area contributed by atoms with Crippen LogP contribution >= 0.6 is 15.9 Å². The van der Waals surface area contributed by atoms with E-state index in [0.29, 0.717) is 15.9 Å². The van der Waals surface area contributed by atoms with Gasteiger partial charge in [-0.3, -0.25) is 8.89 Å². The highest BCUT2D eigenvalue weighted by molar-refractivity contribution is 9.10. The summed E-state index contributed by atoms with van der Waals surface area (Å²) in [6.07, 6.45) is 0. The van der Waals surface area contributed by atoms with Crippen molar-refractivity contribution in [2.24, 2.45) is 0 Å². The van der Waals surface area contributed by atoms with Gasteiger partial charge in [-0.15, -0.1) is 0 Å². The number of carboxylic acid groups (broad SMARTS) is 1. The van der Waals surface area contributed by atoms with Crippen LogP contribution in [0.1, 0.15) is 28.7 Å². The zero-order chi connectivity index (χ0) is 15.6. The molecule has 0 amide bonds. The monoisotopic (exact) mass is 370 g/mol. The van der Waals surface area contributed by atoms with Crippen LogP contribution in [0.15, 0.2) is 33.6 Å². The van der Waals surface area contributed by atoms with Crippen molar-refractivity contribution < 1.29 is 14.1 Å². The van der Waals surface area contributed by atoms with Gasteiger partial charge in [0.25, 0.3) is 0 Å². The molecule has 2 rings (SSSR count). The van der Waals surface area contributed by atoms with Gasteiger partial charge in [-0.05, 0) is 38.1 Å². The fourth-order valence-electron chi connectivity index (χ4n) is 2.06. The fraction of sp³-hybridized carbons (Fsp3) is 0.286. The van der Waals surface area contributed by atoms with E-state index in [2.05, 4.69) is 21.0 Å². The Morgan fingerprint density at radius 3 is 2.76 bits per heavy atom. The lowest BCUT2D eigenvalue weighted by atomic mass is 10.2. The van der Waals surface area contributed by atoms with Crippen molar-refractivity contribution in [3.8, 4) is 0 Å². The predicted molar refractivity (Wildman–Crippen MR) is 83.9 cm³/mol. The summed E-state index contributed by atoms with van der Waals surface area (Å²) in [7, 11) is -1.45. The Balaban J connectivity index is 2.36. The van der Waals surface area contributed by atoms with Gasteiger partial charge in [0, 0.05) is 11.0 Å². The molecule has 21 heavy (non-hydrogen) atoms. The molecule has 5 nitrogen and oxygen atoms in total. The number of nitrogens with zero attached hydrogens (tertiary/aromatic N) is 2. The maximum atomic E-state index is 12.6. The van der Waals surface area contributed by atoms with Crippen molar-refractivity contribution in [3.63, 3.8) is 0 Å². The molecule has 2 aromatic rings. The lowest BCUT2D eigenvalue weighted by Crippen LogP contribution is -2.09. The van der Waals surface area contributed by atoms with Gasteiger partial charge in [-0.25, -0.2) is 4.79 Å². The van der Waals surface area contributed by atoms with Gasteiger partial charge in [0.1, 0.15) is 0 Å². The zero-order valence-corrected chi connectivity index (χ0v) is 14.1. The van der Waals surface area contributed by atoms with E-state index in [9.17, 15) is 14.1 Å². The molecule has 1 atom stereocenters. The number of hydrogen-bond donors (Lipinski definition) is 1. The quantitative estimate of drug-likeness (QED) is 0.877. The summed E-state index contributed by atoms with van der Waals surface area (Å²) < 4.78 is 15.0. The van der Waals surface area contributed by atoms with E-state index in [1.54, 1.807) is 16.8 Å². The van der Waals surface area contributed by atoms with Crippen molar-refractivity contribution in [2.45, 2.75) is 31.0 Å². The van der Waals surface area contributed by atoms with E-state index >= 15 is 0 Å². The second kappa shape index (κ2) is 6.53. The molecule has 0 aliphatic rings.